The summed E-state index contributed by atoms with van der Waals surface area (Å²) in [6.07, 6.45) is 3.46. The molecule has 1 N–H and O–H groups in total. The van der Waals surface area contributed by atoms with Crippen molar-refractivity contribution in [3.8, 4) is 0 Å². The Morgan fingerprint density at radius 1 is 1.58 bits per heavy atom. The van der Waals surface area contributed by atoms with Crippen molar-refractivity contribution in [2.75, 3.05) is 11.1 Å². The normalized spacial score (nSPS) is 10.5. The molecule has 0 saturated heterocycles. The molecule has 2 aromatic rings. The monoisotopic (exact) mass is 343 g/mol. The third-order valence-corrected chi connectivity index (χ3v) is 3.87. The first-order chi connectivity index (χ1) is 9.06. The fraction of sp³-hybridized carbons (Fsp3) is 0.167. The Morgan fingerprint density at radius 2 is 2.37 bits per heavy atom. The first kappa shape index (κ1) is 14.1. The highest BCUT2D eigenvalue weighted by atomic mass is 79.9. The molecule has 0 atom stereocenters. The quantitative estimate of drug-likeness (QED) is 0.868. The summed E-state index contributed by atoms with van der Waals surface area (Å²) in [5.74, 6) is -0.556. The van der Waals surface area contributed by atoms with Crippen LogP contribution in [0.5, 0.6) is 0 Å². The number of carbonyl (C=O) groups is 1. The molecule has 1 aromatic heterocycles. The Labute approximate surface area is 122 Å². The van der Waals surface area contributed by atoms with E-state index in [4.69, 9.17) is 0 Å². The lowest BCUT2D eigenvalue weighted by Crippen LogP contribution is -2.15. The number of amides is 1. The molecule has 4 nitrogen and oxygen atoms in total. The number of thioether (sulfide) groups is 1. The standard InChI is InChI=1S/C12H11BrFN3OS/c1-17-5-4-15-12(17)19-7-11(18)16-10-3-2-8(13)6-9(10)14/h2-6H,7H2,1H3,(H,16,18). The Morgan fingerprint density at radius 3 is 3.00 bits per heavy atom. The Bertz CT molecular complexity index is 602. The van der Waals surface area contributed by atoms with E-state index in [0.717, 1.165) is 5.16 Å². The van der Waals surface area contributed by atoms with Gasteiger partial charge in [0.25, 0.3) is 0 Å². The number of aryl methyl sites for hydroxylation is 1. The summed E-state index contributed by atoms with van der Waals surface area (Å²) in [7, 11) is 1.85. The average molecular weight is 344 g/mol. The van der Waals surface area contributed by atoms with Gasteiger partial charge in [-0.15, -0.1) is 0 Å². The summed E-state index contributed by atoms with van der Waals surface area (Å²) in [5, 5.41) is 3.27. The number of rotatable bonds is 4. The van der Waals surface area contributed by atoms with Crippen molar-refractivity contribution in [1.82, 2.24) is 9.55 Å². The van der Waals surface area contributed by atoms with Gasteiger partial charge in [0, 0.05) is 23.9 Å². The van der Waals surface area contributed by atoms with Crippen LogP contribution >= 0.6 is 27.7 Å². The second-order valence-corrected chi connectivity index (χ2v) is 5.64. The van der Waals surface area contributed by atoms with Gasteiger partial charge >= 0.3 is 0 Å². The fourth-order valence-electron chi connectivity index (χ4n) is 1.40. The van der Waals surface area contributed by atoms with Crippen LogP contribution in [-0.4, -0.2) is 21.2 Å². The van der Waals surface area contributed by atoms with Crippen molar-refractivity contribution in [1.29, 1.82) is 0 Å². The molecule has 0 saturated carbocycles. The van der Waals surface area contributed by atoms with Crippen LogP contribution in [-0.2, 0) is 11.8 Å². The van der Waals surface area contributed by atoms with Crippen LogP contribution < -0.4 is 5.32 Å². The number of nitrogens with zero attached hydrogens (tertiary/aromatic N) is 2. The predicted octanol–water partition coefficient (Wildman–Crippen LogP) is 3.05. The van der Waals surface area contributed by atoms with E-state index in [-0.39, 0.29) is 17.3 Å². The van der Waals surface area contributed by atoms with Gasteiger partial charge in [-0.2, -0.15) is 0 Å². The fourth-order valence-corrected chi connectivity index (χ4v) is 2.46. The van der Waals surface area contributed by atoms with E-state index >= 15 is 0 Å². The highest BCUT2D eigenvalue weighted by molar-refractivity contribution is 9.10. The van der Waals surface area contributed by atoms with Crippen LogP contribution in [0.25, 0.3) is 0 Å². The first-order valence-corrected chi connectivity index (χ1v) is 7.19. The molecule has 1 amide bonds. The number of nitrogens with one attached hydrogen (secondary N) is 1. The van der Waals surface area contributed by atoms with Crippen LogP contribution in [0, 0.1) is 5.82 Å². The molecular weight excluding hydrogens is 333 g/mol. The molecule has 0 fully saturated rings. The molecule has 0 bridgehead atoms. The minimum Gasteiger partial charge on any atom is -0.329 e. The Hall–Kier alpha value is -1.34. The highest BCUT2D eigenvalue weighted by Gasteiger charge is 2.09. The number of anilines is 1. The predicted molar refractivity (Wildman–Crippen MR) is 76.7 cm³/mol. The molecule has 0 radical (unpaired) electrons. The molecule has 19 heavy (non-hydrogen) atoms. The molecule has 100 valence electrons. The van der Waals surface area contributed by atoms with E-state index in [1.54, 1.807) is 18.5 Å². The molecular formula is C12H11BrFN3OS. The van der Waals surface area contributed by atoms with E-state index in [9.17, 15) is 9.18 Å². The van der Waals surface area contributed by atoms with Crippen molar-refractivity contribution < 1.29 is 9.18 Å². The van der Waals surface area contributed by atoms with Crippen molar-refractivity contribution in [3.05, 3.63) is 40.9 Å². The van der Waals surface area contributed by atoms with E-state index in [1.807, 2.05) is 11.6 Å². The molecule has 7 heteroatoms. The van der Waals surface area contributed by atoms with E-state index in [2.05, 4.69) is 26.2 Å². The van der Waals surface area contributed by atoms with Crippen molar-refractivity contribution in [2.45, 2.75) is 5.16 Å². The summed E-state index contributed by atoms with van der Waals surface area (Å²) in [5.41, 5.74) is 0.175. The lowest BCUT2D eigenvalue weighted by atomic mass is 10.3. The molecule has 0 spiro atoms. The SMILES string of the molecule is Cn1ccnc1SCC(=O)Nc1ccc(Br)cc1F. The van der Waals surface area contributed by atoms with Crippen molar-refractivity contribution >= 4 is 39.3 Å². The lowest BCUT2D eigenvalue weighted by molar-refractivity contribution is -0.113. The van der Waals surface area contributed by atoms with Gasteiger partial charge in [0.15, 0.2) is 5.16 Å². The number of imidazole rings is 1. The van der Waals surface area contributed by atoms with Gasteiger partial charge in [0.1, 0.15) is 5.82 Å². The van der Waals surface area contributed by atoms with Crippen molar-refractivity contribution in [2.24, 2.45) is 7.05 Å². The Balaban J connectivity index is 1.93. The van der Waals surface area contributed by atoms with E-state index in [1.165, 1.54) is 23.9 Å². The molecule has 0 unspecified atom stereocenters. The third kappa shape index (κ3) is 3.81. The minimum atomic E-state index is -0.468. The maximum atomic E-state index is 13.5. The molecule has 0 aliphatic carbocycles. The highest BCUT2D eigenvalue weighted by Crippen LogP contribution is 2.20. The van der Waals surface area contributed by atoms with Gasteiger partial charge in [-0.3, -0.25) is 4.79 Å². The summed E-state index contributed by atoms with van der Waals surface area (Å²) in [4.78, 5) is 15.8. The number of aromatic nitrogens is 2. The van der Waals surface area contributed by atoms with E-state index < -0.39 is 5.82 Å². The Kier molecular flexibility index (Phi) is 4.60. The zero-order valence-electron chi connectivity index (χ0n) is 10.1. The number of benzene rings is 1. The molecule has 2 rings (SSSR count). The van der Waals surface area contributed by atoms with Gasteiger partial charge in [-0.05, 0) is 18.2 Å². The first-order valence-electron chi connectivity index (χ1n) is 5.41. The maximum absolute atomic E-state index is 13.5. The number of halogens is 2. The van der Waals surface area contributed by atoms with Crippen LogP contribution in [0.1, 0.15) is 0 Å². The second-order valence-electron chi connectivity index (χ2n) is 3.78. The average Bonchev–Trinajstić information content (AvgIpc) is 2.76. The van der Waals surface area contributed by atoms with E-state index in [0.29, 0.717) is 4.47 Å². The second kappa shape index (κ2) is 6.21. The summed E-state index contributed by atoms with van der Waals surface area (Å²) >= 11 is 4.46. The molecule has 1 aromatic carbocycles. The smallest absolute Gasteiger partial charge is 0.234 e. The molecule has 0 aliphatic rings. The zero-order valence-corrected chi connectivity index (χ0v) is 12.5. The van der Waals surface area contributed by atoms with Gasteiger partial charge in [0.2, 0.25) is 5.91 Å². The van der Waals surface area contributed by atoms with Crippen molar-refractivity contribution in [3.63, 3.8) is 0 Å². The number of hydrogen-bond donors (Lipinski definition) is 1. The van der Waals surface area contributed by atoms with Gasteiger partial charge in [-0.1, -0.05) is 27.7 Å². The summed E-state index contributed by atoms with van der Waals surface area (Å²) in [6, 6.07) is 4.49. The van der Waals surface area contributed by atoms with Crippen LogP contribution in [0.3, 0.4) is 0 Å². The minimum absolute atomic E-state index is 0.175. The zero-order chi connectivity index (χ0) is 13.8. The summed E-state index contributed by atoms with van der Waals surface area (Å²) < 4.78 is 16.0. The maximum Gasteiger partial charge on any atom is 0.234 e. The number of carbonyl (C=O) groups excluding carboxylic acids is 1. The topological polar surface area (TPSA) is 46.9 Å². The summed E-state index contributed by atoms with van der Waals surface area (Å²) in [6.45, 7) is 0. The van der Waals surface area contributed by atoms with Crippen LogP contribution in [0.4, 0.5) is 10.1 Å². The number of hydrogen-bond acceptors (Lipinski definition) is 3. The van der Waals surface area contributed by atoms with Gasteiger partial charge in [-0.25, -0.2) is 9.37 Å². The largest absolute Gasteiger partial charge is 0.329 e. The molecule has 1 heterocycles. The lowest BCUT2D eigenvalue weighted by Gasteiger charge is -2.06. The molecule has 0 aliphatic heterocycles. The van der Waals surface area contributed by atoms with Crippen LogP contribution in [0.2, 0.25) is 0 Å². The third-order valence-electron chi connectivity index (χ3n) is 2.31. The van der Waals surface area contributed by atoms with Crippen LogP contribution in [0.15, 0.2) is 40.2 Å². The van der Waals surface area contributed by atoms with Gasteiger partial charge < -0.3 is 9.88 Å². The van der Waals surface area contributed by atoms with Gasteiger partial charge in [0.05, 0.1) is 11.4 Å².